The minimum atomic E-state index is -4.03. The van der Waals surface area contributed by atoms with E-state index in [9.17, 15) is 18.0 Å². The third-order valence-electron chi connectivity index (χ3n) is 5.45. The SMILES string of the molecule is COc1ccc(S(=O)(=O)Nc2cccc(C(N)=O)c2C)cc1C(=O)N1CCCCCC1. The summed E-state index contributed by atoms with van der Waals surface area (Å²) in [5, 5.41) is 0. The number of hydrogen-bond donors (Lipinski definition) is 2. The molecule has 31 heavy (non-hydrogen) atoms. The van der Waals surface area contributed by atoms with Crippen molar-refractivity contribution in [3.63, 3.8) is 0 Å². The topological polar surface area (TPSA) is 119 Å². The summed E-state index contributed by atoms with van der Waals surface area (Å²) in [6.45, 7) is 2.88. The van der Waals surface area contributed by atoms with E-state index >= 15 is 0 Å². The molecule has 0 unspecified atom stereocenters. The Morgan fingerprint density at radius 2 is 1.71 bits per heavy atom. The van der Waals surface area contributed by atoms with Crippen LogP contribution >= 0.6 is 0 Å². The fourth-order valence-corrected chi connectivity index (χ4v) is 4.83. The van der Waals surface area contributed by atoms with E-state index in [1.807, 2.05) is 0 Å². The monoisotopic (exact) mass is 445 g/mol. The van der Waals surface area contributed by atoms with Crippen molar-refractivity contribution in [2.75, 3.05) is 24.9 Å². The average Bonchev–Trinajstić information content (AvgIpc) is 3.03. The Balaban J connectivity index is 1.95. The summed E-state index contributed by atoms with van der Waals surface area (Å²) in [5.74, 6) is -0.573. The van der Waals surface area contributed by atoms with Gasteiger partial charge >= 0.3 is 0 Å². The Labute approximate surface area is 182 Å². The van der Waals surface area contributed by atoms with Crippen molar-refractivity contribution in [3.8, 4) is 5.75 Å². The van der Waals surface area contributed by atoms with Gasteiger partial charge in [0.05, 0.1) is 23.3 Å². The quantitative estimate of drug-likeness (QED) is 0.709. The smallest absolute Gasteiger partial charge is 0.261 e. The number of nitrogens with zero attached hydrogens (tertiary/aromatic N) is 1. The maximum atomic E-state index is 13.1. The fourth-order valence-electron chi connectivity index (χ4n) is 3.68. The second-order valence-electron chi connectivity index (χ2n) is 7.52. The minimum absolute atomic E-state index is 0.0738. The van der Waals surface area contributed by atoms with Crippen molar-refractivity contribution in [2.24, 2.45) is 5.73 Å². The first kappa shape index (κ1) is 22.6. The van der Waals surface area contributed by atoms with Gasteiger partial charge in [0.2, 0.25) is 5.91 Å². The van der Waals surface area contributed by atoms with Crippen LogP contribution in [-0.2, 0) is 10.0 Å². The molecule has 9 heteroatoms. The lowest BCUT2D eigenvalue weighted by molar-refractivity contribution is 0.0757. The van der Waals surface area contributed by atoms with Gasteiger partial charge in [0, 0.05) is 18.7 Å². The molecule has 3 N–H and O–H groups in total. The van der Waals surface area contributed by atoms with Gasteiger partial charge in [0.15, 0.2) is 0 Å². The highest BCUT2D eigenvalue weighted by Crippen LogP contribution is 2.27. The highest BCUT2D eigenvalue weighted by atomic mass is 32.2. The van der Waals surface area contributed by atoms with Crippen LogP contribution < -0.4 is 15.2 Å². The van der Waals surface area contributed by atoms with Gasteiger partial charge in [0.25, 0.3) is 15.9 Å². The standard InChI is InChI=1S/C22H27N3O5S/c1-15-17(21(23)26)8-7-9-19(15)24-31(28,29)16-10-11-20(30-2)18(14-16)22(27)25-12-5-3-4-6-13-25/h7-11,14,24H,3-6,12-13H2,1-2H3,(H2,23,26). The van der Waals surface area contributed by atoms with Crippen molar-refractivity contribution in [1.29, 1.82) is 0 Å². The molecule has 1 saturated heterocycles. The summed E-state index contributed by atoms with van der Waals surface area (Å²) in [6, 6.07) is 8.82. The van der Waals surface area contributed by atoms with Crippen molar-refractivity contribution in [2.45, 2.75) is 37.5 Å². The maximum Gasteiger partial charge on any atom is 0.261 e. The molecule has 0 aromatic heterocycles. The number of likely N-dealkylation sites (tertiary alicyclic amines) is 1. The second kappa shape index (κ2) is 9.38. The molecule has 1 fully saturated rings. The van der Waals surface area contributed by atoms with Gasteiger partial charge in [-0.05, 0) is 55.7 Å². The van der Waals surface area contributed by atoms with E-state index in [0.29, 0.717) is 24.4 Å². The third kappa shape index (κ3) is 4.99. The second-order valence-corrected chi connectivity index (χ2v) is 9.20. The van der Waals surface area contributed by atoms with Gasteiger partial charge in [-0.25, -0.2) is 8.42 Å². The first-order valence-electron chi connectivity index (χ1n) is 10.1. The summed E-state index contributed by atoms with van der Waals surface area (Å²) < 4.78 is 33.9. The van der Waals surface area contributed by atoms with Gasteiger partial charge in [-0.15, -0.1) is 0 Å². The molecule has 1 aliphatic rings. The first-order chi connectivity index (χ1) is 14.7. The number of carbonyl (C=O) groups excluding carboxylic acids is 2. The molecular weight excluding hydrogens is 418 g/mol. The minimum Gasteiger partial charge on any atom is -0.496 e. The first-order valence-corrected chi connectivity index (χ1v) is 11.6. The van der Waals surface area contributed by atoms with Crippen LogP contribution in [-0.4, -0.2) is 45.3 Å². The molecule has 1 aliphatic heterocycles. The Morgan fingerprint density at radius 3 is 2.32 bits per heavy atom. The molecule has 0 atom stereocenters. The number of hydrogen-bond acceptors (Lipinski definition) is 5. The van der Waals surface area contributed by atoms with Gasteiger partial charge in [0.1, 0.15) is 5.75 Å². The van der Waals surface area contributed by atoms with Crippen LogP contribution in [0.2, 0.25) is 0 Å². The Morgan fingerprint density at radius 1 is 1.03 bits per heavy atom. The molecule has 1 heterocycles. The molecule has 0 radical (unpaired) electrons. The van der Waals surface area contributed by atoms with Crippen LogP contribution in [0.15, 0.2) is 41.3 Å². The maximum absolute atomic E-state index is 13.1. The number of amides is 2. The van der Waals surface area contributed by atoms with Gasteiger partial charge in [-0.1, -0.05) is 18.9 Å². The highest BCUT2D eigenvalue weighted by molar-refractivity contribution is 7.92. The average molecular weight is 446 g/mol. The van der Waals surface area contributed by atoms with E-state index in [0.717, 1.165) is 25.7 Å². The number of rotatable bonds is 6. The lowest BCUT2D eigenvalue weighted by Crippen LogP contribution is -2.32. The normalized spacial score (nSPS) is 14.6. The summed E-state index contributed by atoms with van der Waals surface area (Å²) in [4.78, 5) is 26.4. The van der Waals surface area contributed by atoms with Gasteiger partial charge in [-0.2, -0.15) is 0 Å². The molecule has 0 saturated carbocycles. The summed E-state index contributed by atoms with van der Waals surface area (Å²) >= 11 is 0. The Bertz CT molecular complexity index is 1090. The van der Waals surface area contributed by atoms with Crippen LogP contribution in [0.3, 0.4) is 0 Å². The number of benzene rings is 2. The van der Waals surface area contributed by atoms with Crippen LogP contribution in [0, 0.1) is 6.92 Å². The van der Waals surface area contributed by atoms with Crippen LogP contribution in [0.4, 0.5) is 5.69 Å². The van der Waals surface area contributed by atoms with Crippen LogP contribution in [0.5, 0.6) is 5.75 Å². The number of ether oxygens (including phenoxy) is 1. The fraction of sp³-hybridized carbons (Fsp3) is 0.364. The van der Waals surface area contributed by atoms with E-state index in [1.165, 1.54) is 31.4 Å². The van der Waals surface area contributed by atoms with Gasteiger partial charge in [-0.3, -0.25) is 14.3 Å². The Kier molecular flexibility index (Phi) is 6.84. The third-order valence-corrected chi connectivity index (χ3v) is 6.81. The molecule has 2 aromatic carbocycles. The number of methoxy groups -OCH3 is 1. The summed E-state index contributed by atoms with van der Waals surface area (Å²) in [7, 11) is -2.58. The molecule has 2 amide bonds. The number of sulfonamides is 1. The lowest BCUT2D eigenvalue weighted by atomic mass is 10.1. The predicted molar refractivity (Wildman–Crippen MR) is 118 cm³/mol. The van der Waals surface area contributed by atoms with E-state index in [1.54, 1.807) is 24.0 Å². The Hall–Kier alpha value is -3.07. The largest absolute Gasteiger partial charge is 0.496 e. The summed E-state index contributed by atoms with van der Waals surface area (Å²) in [6.07, 6.45) is 3.98. The zero-order valence-electron chi connectivity index (χ0n) is 17.7. The van der Waals surface area contributed by atoms with E-state index in [-0.39, 0.29) is 27.6 Å². The molecular formula is C22H27N3O5S. The van der Waals surface area contributed by atoms with Crippen molar-refractivity contribution in [3.05, 3.63) is 53.1 Å². The van der Waals surface area contributed by atoms with Crippen LogP contribution in [0.25, 0.3) is 0 Å². The number of primary amides is 1. The van der Waals surface area contributed by atoms with Crippen molar-refractivity contribution < 1.29 is 22.7 Å². The molecule has 0 aliphatic carbocycles. The molecule has 2 aromatic rings. The number of nitrogens with two attached hydrogens (primary N) is 1. The molecule has 0 bridgehead atoms. The van der Waals surface area contributed by atoms with Crippen LogP contribution in [0.1, 0.15) is 52.0 Å². The lowest BCUT2D eigenvalue weighted by Gasteiger charge is -2.22. The predicted octanol–water partition coefficient (Wildman–Crippen LogP) is 2.92. The molecule has 3 rings (SSSR count). The zero-order chi connectivity index (χ0) is 22.6. The molecule has 8 nitrogen and oxygen atoms in total. The number of anilines is 1. The van der Waals surface area contributed by atoms with Gasteiger partial charge < -0.3 is 15.4 Å². The van der Waals surface area contributed by atoms with Crippen molar-refractivity contribution >= 4 is 27.5 Å². The van der Waals surface area contributed by atoms with E-state index < -0.39 is 15.9 Å². The molecule has 166 valence electrons. The molecule has 0 spiro atoms. The number of nitrogens with one attached hydrogen (secondary N) is 1. The number of carbonyl (C=O) groups is 2. The van der Waals surface area contributed by atoms with Crippen molar-refractivity contribution in [1.82, 2.24) is 4.90 Å². The van der Waals surface area contributed by atoms with E-state index in [4.69, 9.17) is 10.5 Å². The highest BCUT2D eigenvalue weighted by Gasteiger charge is 2.24. The zero-order valence-corrected chi connectivity index (χ0v) is 18.5. The summed E-state index contributed by atoms with van der Waals surface area (Å²) in [5.41, 5.74) is 6.45. The van der Waals surface area contributed by atoms with E-state index in [2.05, 4.69) is 4.72 Å².